The highest BCUT2D eigenvalue weighted by Crippen LogP contribution is 2.30. The number of hydrogen-bond acceptors (Lipinski definition) is 9. The zero-order valence-corrected chi connectivity index (χ0v) is 21.9. The average molecular weight is 544 g/mol. The van der Waals surface area contributed by atoms with Crippen LogP contribution in [0.5, 0.6) is 0 Å². The number of aryl methyl sites for hydroxylation is 3. The lowest BCUT2D eigenvalue weighted by molar-refractivity contribution is 0.102. The molecule has 34 heavy (non-hydrogen) atoms. The van der Waals surface area contributed by atoms with Gasteiger partial charge in [-0.3, -0.25) is 4.79 Å². The summed E-state index contributed by atoms with van der Waals surface area (Å²) < 4.78 is 55.2. The van der Waals surface area contributed by atoms with Crippen LogP contribution < -0.4 is 10.6 Å². The standard InChI is InChI=1S/C21H22ClN3O6S3/c1-12-10-13(2)18(16(11-12)33(4,27)28)24-20(26)19-15(6-8-32-19)34(29,30)9-5-7-23-21-17(22)14(3)25-31-21/h5-8,10-11,23H,9H2,1-4H3,(H,24,26). The predicted molar refractivity (Wildman–Crippen MR) is 132 cm³/mol. The number of nitrogens with zero attached hydrogens (tertiary/aromatic N) is 1. The van der Waals surface area contributed by atoms with Crippen molar-refractivity contribution < 1.29 is 26.2 Å². The number of rotatable bonds is 8. The fraction of sp³-hybridized carbons (Fsp3) is 0.238. The molecule has 0 aliphatic heterocycles. The molecule has 0 atom stereocenters. The molecule has 0 radical (unpaired) electrons. The van der Waals surface area contributed by atoms with E-state index in [9.17, 15) is 21.6 Å². The number of halogens is 1. The summed E-state index contributed by atoms with van der Waals surface area (Å²) >= 11 is 6.93. The number of aromatic nitrogens is 1. The Balaban J connectivity index is 1.82. The van der Waals surface area contributed by atoms with Gasteiger partial charge in [0.2, 0.25) is 5.88 Å². The van der Waals surface area contributed by atoms with E-state index in [-0.39, 0.29) is 31.3 Å². The lowest BCUT2D eigenvalue weighted by Gasteiger charge is -2.14. The van der Waals surface area contributed by atoms with Crippen LogP contribution in [0.25, 0.3) is 0 Å². The van der Waals surface area contributed by atoms with E-state index in [4.69, 9.17) is 16.1 Å². The fourth-order valence-corrected chi connectivity index (χ4v) is 6.69. The van der Waals surface area contributed by atoms with E-state index < -0.39 is 31.3 Å². The average Bonchev–Trinajstić information content (AvgIpc) is 3.35. The van der Waals surface area contributed by atoms with Gasteiger partial charge in [0.15, 0.2) is 19.7 Å². The largest absolute Gasteiger partial charge is 0.337 e. The minimum Gasteiger partial charge on any atom is -0.337 e. The number of nitrogens with one attached hydrogen (secondary N) is 2. The molecule has 2 N–H and O–H groups in total. The van der Waals surface area contributed by atoms with Crippen molar-refractivity contribution in [1.29, 1.82) is 0 Å². The normalized spacial score (nSPS) is 12.3. The molecule has 2 aromatic heterocycles. The third-order valence-electron chi connectivity index (χ3n) is 4.69. The lowest BCUT2D eigenvalue weighted by Crippen LogP contribution is -2.18. The first-order chi connectivity index (χ1) is 15.8. The van der Waals surface area contributed by atoms with Crippen LogP contribution in [0.4, 0.5) is 11.6 Å². The summed E-state index contributed by atoms with van der Waals surface area (Å²) in [6.07, 6.45) is 3.74. The molecular weight excluding hydrogens is 522 g/mol. The highest BCUT2D eigenvalue weighted by atomic mass is 35.5. The van der Waals surface area contributed by atoms with Crippen LogP contribution in [-0.4, -0.2) is 39.9 Å². The Morgan fingerprint density at radius 3 is 2.50 bits per heavy atom. The summed E-state index contributed by atoms with van der Waals surface area (Å²) in [7, 11) is -7.51. The molecule has 13 heteroatoms. The minimum atomic E-state index is -3.87. The summed E-state index contributed by atoms with van der Waals surface area (Å²) in [6, 6.07) is 4.53. The van der Waals surface area contributed by atoms with Gasteiger partial charge in [0.05, 0.1) is 21.2 Å². The maximum atomic E-state index is 13.0. The van der Waals surface area contributed by atoms with Crippen molar-refractivity contribution >= 4 is 60.1 Å². The van der Waals surface area contributed by atoms with Crippen LogP contribution in [0.15, 0.2) is 50.2 Å². The molecule has 1 amide bonds. The second-order valence-electron chi connectivity index (χ2n) is 7.53. The first-order valence-corrected chi connectivity index (χ1v) is 14.6. The van der Waals surface area contributed by atoms with Crippen LogP contribution >= 0.6 is 22.9 Å². The van der Waals surface area contributed by atoms with Gasteiger partial charge >= 0.3 is 0 Å². The molecule has 3 aromatic rings. The van der Waals surface area contributed by atoms with Crippen LogP contribution in [0.1, 0.15) is 26.5 Å². The van der Waals surface area contributed by atoms with Crippen molar-refractivity contribution in [3.63, 3.8) is 0 Å². The zero-order valence-electron chi connectivity index (χ0n) is 18.7. The second-order valence-corrected chi connectivity index (χ2v) is 12.8. The molecule has 182 valence electrons. The Hall–Kier alpha value is -2.67. The minimum absolute atomic E-state index is 0.0327. The van der Waals surface area contributed by atoms with E-state index in [1.165, 1.54) is 29.8 Å². The Morgan fingerprint density at radius 2 is 1.88 bits per heavy atom. The van der Waals surface area contributed by atoms with Gasteiger partial charge in [-0.2, -0.15) is 0 Å². The van der Waals surface area contributed by atoms with Gasteiger partial charge < -0.3 is 15.2 Å². The summed E-state index contributed by atoms with van der Waals surface area (Å²) in [4.78, 5) is 12.8. The Bertz CT molecular complexity index is 1490. The summed E-state index contributed by atoms with van der Waals surface area (Å²) in [6.45, 7) is 5.08. The molecule has 1 aromatic carbocycles. The number of amides is 1. The molecule has 0 aliphatic rings. The van der Waals surface area contributed by atoms with Gasteiger partial charge in [-0.25, -0.2) is 16.8 Å². The van der Waals surface area contributed by atoms with Crippen LogP contribution in [0.2, 0.25) is 5.02 Å². The van der Waals surface area contributed by atoms with Gasteiger partial charge in [0.25, 0.3) is 5.91 Å². The molecule has 0 fully saturated rings. The van der Waals surface area contributed by atoms with Crippen molar-refractivity contribution in [3.05, 3.63) is 62.6 Å². The van der Waals surface area contributed by atoms with E-state index in [1.807, 2.05) is 0 Å². The highest BCUT2D eigenvalue weighted by molar-refractivity contribution is 7.91. The van der Waals surface area contributed by atoms with E-state index in [0.29, 0.717) is 11.3 Å². The number of thiophene rings is 1. The van der Waals surface area contributed by atoms with Crippen molar-refractivity contribution in [2.24, 2.45) is 0 Å². The van der Waals surface area contributed by atoms with Crippen LogP contribution in [-0.2, 0) is 19.7 Å². The summed E-state index contributed by atoms with van der Waals surface area (Å²) in [5.74, 6) is -0.935. The zero-order chi connectivity index (χ0) is 25.3. The second kappa shape index (κ2) is 9.90. The van der Waals surface area contributed by atoms with Crippen LogP contribution in [0, 0.1) is 20.8 Å². The molecule has 0 saturated carbocycles. The quantitative estimate of drug-likeness (QED) is 0.427. The van der Waals surface area contributed by atoms with Crippen molar-refractivity contribution in [1.82, 2.24) is 5.16 Å². The van der Waals surface area contributed by atoms with E-state index in [2.05, 4.69) is 15.8 Å². The molecule has 3 rings (SSSR count). The van der Waals surface area contributed by atoms with E-state index >= 15 is 0 Å². The number of benzene rings is 1. The van der Waals surface area contributed by atoms with Gasteiger partial charge in [-0.05, 0) is 49.4 Å². The first kappa shape index (κ1) is 25.9. The molecule has 2 heterocycles. The monoisotopic (exact) mass is 543 g/mol. The van der Waals surface area contributed by atoms with Crippen molar-refractivity contribution in [2.45, 2.75) is 30.6 Å². The Morgan fingerprint density at radius 1 is 1.18 bits per heavy atom. The van der Waals surface area contributed by atoms with Gasteiger partial charge in [-0.15, -0.1) is 11.3 Å². The smallest absolute Gasteiger partial charge is 0.267 e. The van der Waals surface area contributed by atoms with E-state index in [1.54, 1.807) is 26.8 Å². The number of carbonyl (C=O) groups excluding carboxylic acids is 1. The molecule has 0 unspecified atom stereocenters. The van der Waals surface area contributed by atoms with Gasteiger partial charge in [0, 0.05) is 12.5 Å². The Labute approximate surface area is 206 Å². The molecule has 0 bridgehead atoms. The molecule has 0 spiro atoms. The van der Waals surface area contributed by atoms with Gasteiger partial charge in [0.1, 0.15) is 15.6 Å². The maximum absolute atomic E-state index is 13.0. The van der Waals surface area contributed by atoms with Gasteiger partial charge in [-0.1, -0.05) is 28.9 Å². The number of carbonyl (C=O) groups is 1. The third kappa shape index (κ3) is 5.69. The third-order valence-corrected chi connectivity index (χ3v) is 8.94. The first-order valence-electron chi connectivity index (χ1n) is 9.77. The molecule has 0 saturated heterocycles. The molecule has 9 nitrogen and oxygen atoms in total. The SMILES string of the molecule is Cc1cc(C)c(NC(=O)c2sccc2S(=O)(=O)CC=CNc2onc(C)c2Cl)c(S(C)(=O)=O)c1. The molecular formula is C21H22ClN3O6S3. The Kier molecular flexibility index (Phi) is 7.56. The number of hydrogen-bond donors (Lipinski definition) is 2. The van der Waals surface area contributed by atoms with E-state index in [0.717, 1.165) is 23.2 Å². The number of anilines is 2. The topological polar surface area (TPSA) is 135 Å². The molecule has 0 aliphatic carbocycles. The lowest BCUT2D eigenvalue weighted by atomic mass is 10.1. The predicted octanol–water partition coefficient (Wildman–Crippen LogP) is 4.37. The van der Waals surface area contributed by atoms with Crippen molar-refractivity contribution in [3.8, 4) is 0 Å². The number of sulfone groups is 2. The maximum Gasteiger partial charge on any atom is 0.267 e. The summed E-state index contributed by atoms with van der Waals surface area (Å²) in [5.41, 5.74) is 1.88. The van der Waals surface area contributed by atoms with Crippen molar-refractivity contribution in [2.75, 3.05) is 22.6 Å². The summed E-state index contributed by atoms with van der Waals surface area (Å²) in [5, 5.41) is 10.7. The highest BCUT2D eigenvalue weighted by Gasteiger charge is 2.25. The van der Waals surface area contributed by atoms with Crippen LogP contribution in [0.3, 0.4) is 0 Å². The fourth-order valence-electron chi connectivity index (χ4n) is 3.11.